The van der Waals surface area contributed by atoms with Crippen LogP contribution in [0.5, 0.6) is 0 Å². The number of aliphatic hydroxyl groups excluding tert-OH is 1. The summed E-state index contributed by atoms with van der Waals surface area (Å²) in [6.45, 7) is 7.29. The summed E-state index contributed by atoms with van der Waals surface area (Å²) in [6, 6.07) is 0. The molecule has 0 radical (unpaired) electrons. The highest BCUT2D eigenvalue weighted by Crippen LogP contribution is 2.45. The van der Waals surface area contributed by atoms with Crippen molar-refractivity contribution >= 4 is 39.5 Å². The van der Waals surface area contributed by atoms with Crippen molar-refractivity contribution in [1.82, 2.24) is 0 Å². The topological polar surface area (TPSA) is 237 Å². The fourth-order valence-electron chi connectivity index (χ4n) is 11.7. The van der Waals surface area contributed by atoms with Gasteiger partial charge in [0.05, 0.1) is 26.4 Å². The van der Waals surface area contributed by atoms with E-state index in [4.69, 9.17) is 37.0 Å². The van der Waals surface area contributed by atoms with Gasteiger partial charge in [-0.05, 0) is 31.6 Å². The van der Waals surface area contributed by atoms with Crippen molar-refractivity contribution in [1.29, 1.82) is 0 Å². The summed E-state index contributed by atoms with van der Waals surface area (Å²) in [4.78, 5) is 72.8. The van der Waals surface area contributed by atoms with Crippen LogP contribution < -0.4 is 0 Å². The Morgan fingerprint density at radius 3 is 0.716 bits per heavy atom. The van der Waals surface area contributed by atoms with Crippen LogP contribution in [0.25, 0.3) is 0 Å². The molecule has 3 N–H and O–H groups in total. The van der Waals surface area contributed by atoms with E-state index in [1.807, 2.05) is 0 Å². The SMILES string of the molecule is CCCCCCCCCCCCCCCCCC(=O)OC[C@H](COP(=O)(O)OC[C@@H](O)COP(=O)(O)OC[C@@H](COC(=O)CCCCCCCCCCCCCC)OC(=O)CCCCCCCCCCCCC(C)C)OC(=O)CCCCCCCCCCCCCCCCC. The Hall–Kier alpha value is -1.94. The fraction of sp³-hybridized carbons (Fsp3) is 0.947. The van der Waals surface area contributed by atoms with Gasteiger partial charge in [0.1, 0.15) is 19.3 Å². The van der Waals surface area contributed by atoms with E-state index < -0.39 is 97.5 Å². The number of hydrogen-bond acceptors (Lipinski definition) is 15. The molecule has 0 heterocycles. The molecular formula is C76H148O17P2. The van der Waals surface area contributed by atoms with E-state index in [0.717, 1.165) is 95.8 Å². The number of ether oxygens (including phenoxy) is 4. The van der Waals surface area contributed by atoms with Crippen LogP contribution in [0.3, 0.4) is 0 Å². The molecule has 0 aromatic rings. The van der Waals surface area contributed by atoms with Gasteiger partial charge in [0, 0.05) is 25.7 Å². The van der Waals surface area contributed by atoms with Crippen LogP contribution >= 0.6 is 15.6 Å². The van der Waals surface area contributed by atoms with Crippen LogP contribution in [0, 0.1) is 5.92 Å². The first-order valence-electron chi connectivity index (χ1n) is 39.6. The van der Waals surface area contributed by atoms with Crippen LogP contribution in [-0.2, 0) is 65.4 Å². The molecule has 0 saturated heterocycles. The van der Waals surface area contributed by atoms with Gasteiger partial charge < -0.3 is 33.8 Å². The number of rotatable bonds is 76. The highest BCUT2D eigenvalue weighted by molar-refractivity contribution is 7.47. The molecule has 19 heteroatoms. The van der Waals surface area contributed by atoms with Gasteiger partial charge in [0.25, 0.3) is 0 Å². The lowest BCUT2D eigenvalue weighted by atomic mass is 10.0. The second-order valence-corrected chi connectivity index (χ2v) is 30.8. The Bertz CT molecular complexity index is 1820. The lowest BCUT2D eigenvalue weighted by Gasteiger charge is -2.21. The molecule has 5 atom stereocenters. The van der Waals surface area contributed by atoms with Gasteiger partial charge in [0.2, 0.25) is 0 Å². The monoisotopic (exact) mass is 1400 g/mol. The molecule has 0 saturated carbocycles. The van der Waals surface area contributed by atoms with Gasteiger partial charge in [-0.3, -0.25) is 37.3 Å². The summed E-state index contributed by atoms with van der Waals surface area (Å²) < 4.78 is 68.6. The second kappa shape index (κ2) is 69.2. The zero-order chi connectivity index (χ0) is 69.8. The zero-order valence-electron chi connectivity index (χ0n) is 61.8. The van der Waals surface area contributed by atoms with E-state index >= 15 is 0 Å². The molecule has 17 nitrogen and oxygen atoms in total. The first-order valence-corrected chi connectivity index (χ1v) is 42.6. The van der Waals surface area contributed by atoms with E-state index in [9.17, 15) is 43.2 Å². The number of phosphoric acid groups is 2. The molecule has 0 aromatic heterocycles. The average molecular weight is 1400 g/mol. The largest absolute Gasteiger partial charge is 0.472 e. The van der Waals surface area contributed by atoms with Gasteiger partial charge in [-0.25, -0.2) is 9.13 Å². The molecule has 0 rings (SSSR count). The molecule has 0 amide bonds. The van der Waals surface area contributed by atoms with Crippen LogP contribution in [0.15, 0.2) is 0 Å². The third-order valence-corrected chi connectivity index (χ3v) is 19.7. The van der Waals surface area contributed by atoms with E-state index in [1.165, 1.54) is 225 Å². The highest BCUT2D eigenvalue weighted by atomic mass is 31.2. The predicted molar refractivity (Wildman–Crippen MR) is 386 cm³/mol. The molecule has 0 aliphatic heterocycles. The average Bonchev–Trinajstić information content (AvgIpc) is 1.47. The van der Waals surface area contributed by atoms with Crippen LogP contribution in [0.1, 0.15) is 401 Å². The number of aliphatic hydroxyl groups is 1. The van der Waals surface area contributed by atoms with Gasteiger partial charge in [0.15, 0.2) is 12.2 Å². The zero-order valence-corrected chi connectivity index (χ0v) is 63.6. The minimum atomic E-state index is -4.96. The number of hydrogen-bond donors (Lipinski definition) is 3. The smallest absolute Gasteiger partial charge is 0.462 e. The maximum Gasteiger partial charge on any atom is 0.472 e. The number of carbonyl (C=O) groups excluding carboxylic acids is 4. The standard InChI is InChI=1S/C76H148O17P2/c1-6-9-12-15-18-21-24-27-29-31-34-40-45-50-55-60-74(79)87-65-71(92-75(80)61-56-51-46-41-35-32-30-28-25-22-19-16-13-10-7-2)67-90-94(82,83)88-63-70(77)64-89-95(84,85)91-68-72(66-86-73(78)59-54-49-44-39-33-26-23-20-17-14-11-8-3)93-76(81)62-57-52-47-42-37-36-38-43-48-53-58-69(4)5/h69-72,77H,6-68H2,1-5H3,(H,82,83)(H,84,85)/t70-,71-,72-/m1/s1. The first-order chi connectivity index (χ1) is 46.0. The summed E-state index contributed by atoms with van der Waals surface area (Å²) in [5.41, 5.74) is 0. The first kappa shape index (κ1) is 93.1. The Morgan fingerprint density at radius 2 is 0.484 bits per heavy atom. The van der Waals surface area contributed by atoms with E-state index in [-0.39, 0.29) is 25.7 Å². The Labute approximate surface area is 581 Å². The predicted octanol–water partition coefficient (Wildman–Crippen LogP) is 22.5. The molecule has 0 aliphatic rings. The van der Waals surface area contributed by atoms with Gasteiger partial charge in [-0.15, -0.1) is 0 Å². The number of phosphoric ester groups is 2. The number of esters is 4. The van der Waals surface area contributed by atoms with Crippen molar-refractivity contribution in [3.8, 4) is 0 Å². The van der Waals surface area contributed by atoms with Gasteiger partial charge in [-0.2, -0.15) is 0 Å². The molecule has 0 bridgehead atoms. The summed E-state index contributed by atoms with van der Waals surface area (Å²) in [5, 5.41) is 10.6. The summed E-state index contributed by atoms with van der Waals surface area (Å²) in [5.74, 6) is -1.36. The Morgan fingerprint density at radius 1 is 0.284 bits per heavy atom. The molecular weight excluding hydrogens is 1250 g/mol. The van der Waals surface area contributed by atoms with E-state index in [2.05, 4.69) is 34.6 Å². The van der Waals surface area contributed by atoms with Crippen molar-refractivity contribution in [3.63, 3.8) is 0 Å². The van der Waals surface area contributed by atoms with Crippen molar-refractivity contribution < 1.29 is 80.2 Å². The van der Waals surface area contributed by atoms with Crippen molar-refractivity contribution in [2.24, 2.45) is 5.92 Å². The second-order valence-electron chi connectivity index (χ2n) is 27.9. The van der Waals surface area contributed by atoms with Gasteiger partial charge >= 0.3 is 39.5 Å². The minimum absolute atomic E-state index is 0.107. The Kier molecular flexibility index (Phi) is 67.7. The Balaban J connectivity index is 5.26. The third-order valence-electron chi connectivity index (χ3n) is 17.8. The highest BCUT2D eigenvalue weighted by Gasteiger charge is 2.30. The quantitative estimate of drug-likeness (QED) is 0.0222. The van der Waals surface area contributed by atoms with Crippen molar-refractivity contribution in [3.05, 3.63) is 0 Å². The molecule has 2 unspecified atom stereocenters. The minimum Gasteiger partial charge on any atom is -0.462 e. The summed E-state index contributed by atoms with van der Waals surface area (Å²) in [6.07, 6.45) is 58.0. The summed E-state index contributed by atoms with van der Waals surface area (Å²) >= 11 is 0. The van der Waals surface area contributed by atoms with Crippen molar-refractivity contribution in [2.75, 3.05) is 39.6 Å². The molecule has 564 valence electrons. The van der Waals surface area contributed by atoms with Gasteiger partial charge in [-0.1, -0.05) is 349 Å². The molecule has 0 aromatic carbocycles. The fourth-order valence-corrected chi connectivity index (χ4v) is 13.3. The van der Waals surface area contributed by atoms with E-state index in [1.54, 1.807) is 0 Å². The maximum atomic E-state index is 13.1. The lowest BCUT2D eigenvalue weighted by molar-refractivity contribution is -0.161. The molecule has 0 spiro atoms. The normalized spacial score (nSPS) is 13.9. The van der Waals surface area contributed by atoms with Crippen LogP contribution in [0.4, 0.5) is 0 Å². The maximum absolute atomic E-state index is 13.1. The van der Waals surface area contributed by atoms with Crippen LogP contribution in [0.2, 0.25) is 0 Å². The third kappa shape index (κ3) is 70.3. The number of carbonyl (C=O) groups is 4. The molecule has 0 fully saturated rings. The van der Waals surface area contributed by atoms with Crippen molar-refractivity contribution in [2.45, 2.75) is 419 Å². The number of unbranched alkanes of at least 4 members (excludes halogenated alkanes) is 48. The molecule has 0 aliphatic carbocycles. The summed E-state index contributed by atoms with van der Waals surface area (Å²) in [7, 11) is -9.91. The lowest BCUT2D eigenvalue weighted by Crippen LogP contribution is -2.30. The van der Waals surface area contributed by atoms with E-state index in [0.29, 0.717) is 25.7 Å². The molecule has 95 heavy (non-hydrogen) atoms. The van der Waals surface area contributed by atoms with Crippen LogP contribution in [-0.4, -0.2) is 96.7 Å².